The van der Waals surface area contributed by atoms with Crippen LogP contribution in [0.25, 0.3) is 0 Å². The van der Waals surface area contributed by atoms with Gasteiger partial charge in [0.15, 0.2) is 0 Å². The summed E-state index contributed by atoms with van der Waals surface area (Å²) in [6.07, 6.45) is 1.65. The zero-order valence-electron chi connectivity index (χ0n) is 13.7. The molecule has 128 valence electrons. The lowest BCUT2D eigenvalue weighted by atomic mass is 9.99. The summed E-state index contributed by atoms with van der Waals surface area (Å²) in [4.78, 5) is 0.986. The number of sulfonamides is 1. The van der Waals surface area contributed by atoms with Gasteiger partial charge in [0.1, 0.15) is 15.7 Å². The molecule has 2 aliphatic heterocycles. The summed E-state index contributed by atoms with van der Waals surface area (Å²) < 4.78 is 38.9. The molecule has 0 fully saturated rings. The van der Waals surface area contributed by atoms with Gasteiger partial charge in [-0.15, -0.1) is 11.3 Å². The number of aryl methyl sites for hydroxylation is 1. The Hall–Kier alpha value is -1.57. The van der Waals surface area contributed by atoms with Crippen molar-refractivity contribution in [2.45, 2.75) is 30.5 Å². The minimum atomic E-state index is -3.50. The van der Waals surface area contributed by atoms with Crippen molar-refractivity contribution in [2.75, 3.05) is 20.3 Å². The number of hydrogen-bond acceptors (Lipinski definition) is 5. The summed E-state index contributed by atoms with van der Waals surface area (Å²) in [5, 5.41) is 0. The molecule has 0 N–H and O–H groups in total. The number of nitrogens with zero attached hydrogens (tertiary/aromatic N) is 1. The molecule has 0 saturated heterocycles. The Labute approximate surface area is 145 Å². The highest BCUT2D eigenvalue weighted by Gasteiger charge is 2.30. The van der Waals surface area contributed by atoms with Crippen molar-refractivity contribution in [3.8, 4) is 11.5 Å². The van der Waals surface area contributed by atoms with Crippen LogP contribution in [0, 0.1) is 6.92 Å². The Morgan fingerprint density at radius 1 is 1.21 bits per heavy atom. The second-order valence-electron chi connectivity index (χ2n) is 6.14. The summed E-state index contributed by atoms with van der Waals surface area (Å²) in [6, 6.07) is 5.55. The van der Waals surface area contributed by atoms with E-state index in [1.807, 2.05) is 19.1 Å². The minimum Gasteiger partial charge on any atom is -0.493 e. The Morgan fingerprint density at radius 2 is 2.00 bits per heavy atom. The third-order valence-corrected chi connectivity index (χ3v) is 7.79. The first-order chi connectivity index (χ1) is 11.5. The van der Waals surface area contributed by atoms with Crippen molar-refractivity contribution in [1.82, 2.24) is 4.31 Å². The molecule has 0 saturated carbocycles. The van der Waals surface area contributed by atoms with E-state index in [0.717, 1.165) is 45.9 Å². The first-order valence-electron chi connectivity index (χ1n) is 7.93. The first-order valence-corrected chi connectivity index (χ1v) is 10.2. The number of benzene rings is 1. The van der Waals surface area contributed by atoms with Crippen LogP contribution in [-0.2, 0) is 29.4 Å². The predicted octanol–water partition coefficient (Wildman–Crippen LogP) is 2.75. The summed E-state index contributed by atoms with van der Waals surface area (Å²) >= 11 is 1.30. The summed E-state index contributed by atoms with van der Waals surface area (Å²) in [5.74, 6) is 1.73. The Morgan fingerprint density at radius 3 is 2.75 bits per heavy atom. The summed E-state index contributed by atoms with van der Waals surface area (Å²) in [6.45, 7) is 3.50. The average Bonchev–Trinajstić information content (AvgIpc) is 3.26. The molecule has 1 aromatic carbocycles. The molecule has 3 heterocycles. The van der Waals surface area contributed by atoms with Crippen LogP contribution in [-0.4, -0.2) is 33.0 Å². The lowest BCUT2D eigenvalue weighted by Gasteiger charge is -2.20. The molecular weight excluding hydrogens is 346 g/mol. The lowest BCUT2D eigenvalue weighted by Crippen LogP contribution is -2.26. The third kappa shape index (κ3) is 2.51. The molecule has 0 spiro atoms. The maximum Gasteiger partial charge on any atom is 0.252 e. The standard InChI is InChI=1S/C17H19NO4S2/c1-11-3-4-16(23-11)24(19,20)18(2)10-14-13-6-8-21-15(13)9-12-5-7-22-17(12)14/h3-4,9H,5-8,10H2,1-2H3. The van der Waals surface area contributed by atoms with Gasteiger partial charge >= 0.3 is 0 Å². The Balaban J connectivity index is 1.71. The SMILES string of the molecule is Cc1ccc(S(=O)(=O)N(C)Cc2c3c(cc4c2OCC4)OCC3)s1. The largest absolute Gasteiger partial charge is 0.493 e. The highest BCUT2D eigenvalue weighted by molar-refractivity contribution is 7.91. The van der Waals surface area contributed by atoms with Gasteiger partial charge in [0.05, 0.1) is 13.2 Å². The van der Waals surface area contributed by atoms with Crippen molar-refractivity contribution >= 4 is 21.4 Å². The molecular formula is C17H19NO4S2. The highest BCUT2D eigenvalue weighted by atomic mass is 32.2. The topological polar surface area (TPSA) is 55.8 Å². The second kappa shape index (κ2) is 5.75. The minimum absolute atomic E-state index is 0.300. The lowest BCUT2D eigenvalue weighted by molar-refractivity contribution is 0.348. The summed E-state index contributed by atoms with van der Waals surface area (Å²) in [7, 11) is -1.87. The molecule has 0 amide bonds. The van der Waals surface area contributed by atoms with Crippen molar-refractivity contribution in [3.05, 3.63) is 39.8 Å². The van der Waals surface area contributed by atoms with E-state index in [0.29, 0.717) is 24.0 Å². The number of hydrogen-bond donors (Lipinski definition) is 0. The average molecular weight is 365 g/mol. The molecule has 0 radical (unpaired) electrons. The number of fused-ring (bicyclic) bond motifs is 2. The van der Waals surface area contributed by atoms with E-state index >= 15 is 0 Å². The normalized spacial score (nSPS) is 16.0. The fourth-order valence-electron chi connectivity index (χ4n) is 3.26. The van der Waals surface area contributed by atoms with Crippen molar-refractivity contribution in [1.29, 1.82) is 0 Å². The highest BCUT2D eigenvalue weighted by Crippen LogP contribution is 2.41. The van der Waals surface area contributed by atoms with Crippen molar-refractivity contribution in [3.63, 3.8) is 0 Å². The molecule has 0 unspecified atom stereocenters. The third-order valence-electron chi connectivity index (χ3n) is 4.52. The van der Waals surface area contributed by atoms with Gasteiger partial charge in [0.2, 0.25) is 0 Å². The zero-order chi connectivity index (χ0) is 16.9. The fraction of sp³-hybridized carbons (Fsp3) is 0.412. The number of thiophene rings is 1. The van der Waals surface area contributed by atoms with Crippen molar-refractivity contribution in [2.24, 2.45) is 0 Å². The first kappa shape index (κ1) is 15.9. The van der Waals surface area contributed by atoms with Crippen LogP contribution < -0.4 is 9.47 Å². The maximum absolute atomic E-state index is 12.8. The van der Waals surface area contributed by atoms with Crippen LogP contribution in [0.3, 0.4) is 0 Å². The van der Waals surface area contributed by atoms with Gasteiger partial charge in [-0.05, 0) is 25.1 Å². The molecule has 0 bridgehead atoms. The molecule has 5 nitrogen and oxygen atoms in total. The second-order valence-corrected chi connectivity index (χ2v) is 9.70. The van der Waals surface area contributed by atoms with Crippen LogP contribution in [0.15, 0.2) is 22.4 Å². The van der Waals surface area contributed by atoms with Gasteiger partial charge in [0, 0.05) is 48.0 Å². The van der Waals surface area contributed by atoms with E-state index in [1.54, 1.807) is 13.1 Å². The Bertz CT molecular complexity index is 869. The van der Waals surface area contributed by atoms with Gasteiger partial charge in [-0.1, -0.05) is 0 Å². The van der Waals surface area contributed by atoms with Gasteiger partial charge < -0.3 is 9.47 Å². The maximum atomic E-state index is 12.8. The Kier molecular flexibility index (Phi) is 3.82. The fourth-order valence-corrected chi connectivity index (χ4v) is 5.90. The van der Waals surface area contributed by atoms with Crippen LogP contribution in [0.4, 0.5) is 0 Å². The van der Waals surface area contributed by atoms with E-state index in [9.17, 15) is 8.42 Å². The predicted molar refractivity (Wildman–Crippen MR) is 92.5 cm³/mol. The quantitative estimate of drug-likeness (QED) is 0.836. The molecule has 24 heavy (non-hydrogen) atoms. The molecule has 2 aliphatic rings. The molecule has 0 aliphatic carbocycles. The van der Waals surface area contributed by atoms with Gasteiger partial charge in [0.25, 0.3) is 10.0 Å². The molecule has 1 aromatic heterocycles. The van der Waals surface area contributed by atoms with E-state index in [2.05, 4.69) is 0 Å². The van der Waals surface area contributed by atoms with E-state index in [4.69, 9.17) is 9.47 Å². The van der Waals surface area contributed by atoms with Crippen molar-refractivity contribution < 1.29 is 17.9 Å². The van der Waals surface area contributed by atoms with Crippen LogP contribution in [0.1, 0.15) is 21.6 Å². The smallest absolute Gasteiger partial charge is 0.252 e. The van der Waals surface area contributed by atoms with E-state index in [1.165, 1.54) is 15.6 Å². The van der Waals surface area contributed by atoms with Crippen LogP contribution in [0.2, 0.25) is 0 Å². The molecule has 0 atom stereocenters. The van der Waals surface area contributed by atoms with Gasteiger partial charge in [-0.25, -0.2) is 8.42 Å². The van der Waals surface area contributed by atoms with E-state index in [-0.39, 0.29) is 0 Å². The van der Waals surface area contributed by atoms with Gasteiger partial charge in [-0.3, -0.25) is 0 Å². The monoisotopic (exact) mass is 365 g/mol. The summed E-state index contributed by atoms with van der Waals surface area (Å²) in [5.41, 5.74) is 3.15. The molecule has 4 rings (SSSR count). The van der Waals surface area contributed by atoms with Crippen LogP contribution in [0.5, 0.6) is 11.5 Å². The number of rotatable bonds is 4. The van der Waals surface area contributed by atoms with E-state index < -0.39 is 10.0 Å². The van der Waals surface area contributed by atoms with Gasteiger partial charge in [-0.2, -0.15) is 4.31 Å². The molecule has 2 aromatic rings. The molecule has 7 heteroatoms. The zero-order valence-corrected chi connectivity index (χ0v) is 15.3. The van der Waals surface area contributed by atoms with Crippen LogP contribution >= 0.6 is 11.3 Å². The number of ether oxygens (including phenoxy) is 2.